The molecule has 0 unspecified atom stereocenters. The first-order chi connectivity index (χ1) is 13.2. The van der Waals surface area contributed by atoms with Crippen LogP contribution >= 0.6 is 23.4 Å². The quantitative estimate of drug-likeness (QED) is 0.459. The minimum Gasteiger partial charge on any atom is -0.478 e. The van der Waals surface area contributed by atoms with E-state index in [2.05, 4.69) is 10.6 Å². The lowest BCUT2D eigenvalue weighted by Gasteiger charge is -2.07. The van der Waals surface area contributed by atoms with E-state index in [1.165, 1.54) is 18.7 Å². The van der Waals surface area contributed by atoms with Crippen LogP contribution in [0.15, 0.2) is 59.0 Å². The minimum atomic E-state index is -1.15. The van der Waals surface area contributed by atoms with Crippen molar-refractivity contribution in [1.29, 1.82) is 0 Å². The molecule has 0 spiro atoms. The third kappa shape index (κ3) is 6.75. The predicted octanol–water partition coefficient (Wildman–Crippen LogP) is 4.35. The number of aliphatic carboxylic acids is 1. The Balaban J connectivity index is 1.85. The molecular weight excluding hydrogens is 400 g/mol. The Morgan fingerprint density at radius 2 is 1.71 bits per heavy atom. The monoisotopic (exact) mass is 418 g/mol. The fourth-order valence-electron chi connectivity index (χ4n) is 2.09. The number of halogens is 1. The highest BCUT2D eigenvalue weighted by molar-refractivity contribution is 8.00. The van der Waals surface area contributed by atoms with Crippen molar-refractivity contribution in [3.8, 4) is 0 Å². The van der Waals surface area contributed by atoms with E-state index in [1.807, 2.05) is 13.0 Å². The summed E-state index contributed by atoms with van der Waals surface area (Å²) in [5, 5.41) is 14.7. The zero-order chi connectivity index (χ0) is 20.7. The molecule has 0 bridgehead atoms. The van der Waals surface area contributed by atoms with Crippen LogP contribution in [0, 0.1) is 6.92 Å². The largest absolute Gasteiger partial charge is 0.478 e. The molecule has 2 aromatic carbocycles. The number of hydrogen-bond acceptors (Lipinski definition) is 4. The van der Waals surface area contributed by atoms with Gasteiger partial charge in [-0.15, -0.1) is 11.8 Å². The molecule has 8 heteroatoms. The van der Waals surface area contributed by atoms with E-state index in [1.54, 1.807) is 36.4 Å². The Morgan fingerprint density at radius 1 is 1.07 bits per heavy atom. The zero-order valence-corrected chi connectivity index (χ0v) is 16.9. The van der Waals surface area contributed by atoms with Crippen molar-refractivity contribution in [3.63, 3.8) is 0 Å². The fraction of sp³-hybridized carbons (Fsp3) is 0.150. The van der Waals surface area contributed by atoms with Gasteiger partial charge in [0, 0.05) is 32.9 Å². The predicted molar refractivity (Wildman–Crippen MR) is 112 cm³/mol. The molecule has 2 amide bonds. The SMILES string of the molecule is C/C(=C\C(=O)Nc1ccc(SCC(=O)Nc2ccc(C)c(Cl)c2)cc1)C(=O)O. The second-order valence-corrected chi connectivity index (χ2v) is 7.40. The van der Waals surface area contributed by atoms with E-state index in [-0.39, 0.29) is 17.2 Å². The van der Waals surface area contributed by atoms with Crippen molar-refractivity contribution in [2.24, 2.45) is 0 Å². The van der Waals surface area contributed by atoms with Crippen molar-refractivity contribution >= 4 is 52.5 Å². The zero-order valence-electron chi connectivity index (χ0n) is 15.3. The van der Waals surface area contributed by atoms with Gasteiger partial charge < -0.3 is 15.7 Å². The van der Waals surface area contributed by atoms with E-state index in [0.717, 1.165) is 16.5 Å². The highest BCUT2D eigenvalue weighted by atomic mass is 35.5. The van der Waals surface area contributed by atoms with Crippen LogP contribution in [0.3, 0.4) is 0 Å². The smallest absolute Gasteiger partial charge is 0.331 e. The molecule has 2 aromatic rings. The summed E-state index contributed by atoms with van der Waals surface area (Å²) in [5.74, 6) is -1.60. The molecule has 0 saturated heterocycles. The van der Waals surface area contributed by atoms with Crippen molar-refractivity contribution in [3.05, 3.63) is 64.7 Å². The lowest BCUT2D eigenvalue weighted by atomic mass is 10.2. The fourth-order valence-corrected chi connectivity index (χ4v) is 2.97. The first kappa shape index (κ1) is 21.5. The second kappa shape index (κ2) is 9.96. The summed E-state index contributed by atoms with van der Waals surface area (Å²) in [7, 11) is 0. The van der Waals surface area contributed by atoms with Gasteiger partial charge in [-0.1, -0.05) is 17.7 Å². The van der Waals surface area contributed by atoms with Gasteiger partial charge in [-0.05, 0) is 55.8 Å². The molecule has 0 aliphatic heterocycles. The van der Waals surface area contributed by atoms with Gasteiger partial charge in [-0.2, -0.15) is 0 Å². The van der Waals surface area contributed by atoms with E-state index in [0.29, 0.717) is 16.4 Å². The topological polar surface area (TPSA) is 95.5 Å². The van der Waals surface area contributed by atoms with Gasteiger partial charge in [0.15, 0.2) is 0 Å². The number of carboxylic acids is 1. The molecule has 0 saturated carbocycles. The molecule has 0 aromatic heterocycles. The molecule has 0 aliphatic rings. The molecule has 3 N–H and O–H groups in total. The second-order valence-electron chi connectivity index (χ2n) is 5.95. The van der Waals surface area contributed by atoms with Gasteiger partial charge in [0.05, 0.1) is 5.75 Å². The van der Waals surface area contributed by atoms with Crippen molar-refractivity contribution in [1.82, 2.24) is 0 Å². The molecule has 0 fully saturated rings. The number of thioether (sulfide) groups is 1. The third-order valence-corrected chi connectivity index (χ3v) is 5.05. The van der Waals surface area contributed by atoms with Crippen LogP contribution in [0.25, 0.3) is 0 Å². The normalized spacial score (nSPS) is 11.0. The summed E-state index contributed by atoms with van der Waals surface area (Å²) >= 11 is 7.40. The molecule has 0 heterocycles. The summed E-state index contributed by atoms with van der Waals surface area (Å²) < 4.78 is 0. The highest BCUT2D eigenvalue weighted by Crippen LogP contribution is 2.22. The van der Waals surface area contributed by atoms with Crippen LogP contribution in [0.2, 0.25) is 5.02 Å². The molecule has 28 heavy (non-hydrogen) atoms. The maximum absolute atomic E-state index is 12.1. The number of anilines is 2. The van der Waals surface area contributed by atoms with E-state index in [9.17, 15) is 14.4 Å². The highest BCUT2D eigenvalue weighted by Gasteiger charge is 2.07. The molecule has 146 valence electrons. The average molecular weight is 419 g/mol. The van der Waals surface area contributed by atoms with E-state index in [4.69, 9.17) is 16.7 Å². The minimum absolute atomic E-state index is 0.0504. The van der Waals surface area contributed by atoms with Crippen LogP contribution in [0.4, 0.5) is 11.4 Å². The van der Waals surface area contributed by atoms with E-state index < -0.39 is 11.9 Å². The van der Waals surface area contributed by atoms with Crippen LogP contribution < -0.4 is 10.6 Å². The van der Waals surface area contributed by atoms with Crippen LogP contribution in [0.5, 0.6) is 0 Å². The molecule has 0 radical (unpaired) electrons. The number of rotatable bonds is 7. The Labute approximate surface area is 172 Å². The lowest BCUT2D eigenvalue weighted by Crippen LogP contribution is -2.14. The number of carboxylic acid groups (broad SMARTS) is 1. The molecule has 2 rings (SSSR count). The number of hydrogen-bond donors (Lipinski definition) is 3. The first-order valence-corrected chi connectivity index (χ1v) is 9.62. The van der Waals surface area contributed by atoms with Gasteiger partial charge in [0.25, 0.3) is 0 Å². The van der Waals surface area contributed by atoms with Crippen LogP contribution in [0.1, 0.15) is 12.5 Å². The number of amides is 2. The van der Waals surface area contributed by atoms with Gasteiger partial charge in [0.1, 0.15) is 0 Å². The van der Waals surface area contributed by atoms with Crippen LogP contribution in [-0.4, -0.2) is 28.6 Å². The Kier molecular flexibility index (Phi) is 7.66. The third-order valence-electron chi connectivity index (χ3n) is 3.63. The van der Waals surface area contributed by atoms with Gasteiger partial charge in [0.2, 0.25) is 11.8 Å². The Bertz CT molecular complexity index is 926. The van der Waals surface area contributed by atoms with Crippen molar-refractivity contribution in [2.75, 3.05) is 16.4 Å². The number of aryl methyl sites for hydroxylation is 1. The molecule has 6 nitrogen and oxygen atoms in total. The Morgan fingerprint density at radius 3 is 2.32 bits per heavy atom. The Hall–Kier alpha value is -2.77. The summed E-state index contributed by atoms with van der Waals surface area (Å²) in [6, 6.07) is 12.2. The maximum Gasteiger partial charge on any atom is 0.331 e. The number of carbonyl (C=O) groups excluding carboxylic acids is 2. The maximum atomic E-state index is 12.1. The summed E-state index contributed by atoms with van der Waals surface area (Å²) in [5.41, 5.74) is 2.06. The summed E-state index contributed by atoms with van der Waals surface area (Å²) in [6.07, 6.45) is 1.02. The van der Waals surface area contributed by atoms with E-state index >= 15 is 0 Å². The summed E-state index contributed by atoms with van der Waals surface area (Å²) in [4.78, 5) is 35.4. The lowest BCUT2D eigenvalue weighted by molar-refractivity contribution is -0.132. The van der Waals surface area contributed by atoms with Gasteiger partial charge in [-0.3, -0.25) is 9.59 Å². The average Bonchev–Trinajstić information content (AvgIpc) is 2.64. The van der Waals surface area contributed by atoms with Gasteiger partial charge in [-0.25, -0.2) is 4.79 Å². The van der Waals surface area contributed by atoms with Gasteiger partial charge >= 0.3 is 5.97 Å². The first-order valence-electron chi connectivity index (χ1n) is 8.26. The number of carbonyl (C=O) groups is 3. The number of benzene rings is 2. The number of nitrogens with one attached hydrogen (secondary N) is 2. The van der Waals surface area contributed by atoms with Crippen molar-refractivity contribution in [2.45, 2.75) is 18.7 Å². The van der Waals surface area contributed by atoms with Crippen molar-refractivity contribution < 1.29 is 19.5 Å². The molecule has 0 aliphatic carbocycles. The standard InChI is InChI=1S/C20H19ClN2O4S/c1-12-3-4-15(10-17(12)21)23-19(25)11-28-16-7-5-14(6-8-16)22-18(24)9-13(2)20(26)27/h3-10H,11H2,1-2H3,(H,22,24)(H,23,25)(H,26,27)/b13-9+. The molecular formula is C20H19ClN2O4S. The summed E-state index contributed by atoms with van der Waals surface area (Å²) in [6.45, 7) is 3.23. The molecule has 0 atom stereocenters. The van der Waals surface area contributed by atoms with Crippen LogP contribution in [-0.2, 0) is 14.4 Å².